The Morgan fingerprint density at radius 3 is 2.00 bits per heavy atom. The summed E-state index contributed by atoms with van der Waals surface area (Å²) in [7, 11) is 0. The number of nitrogens with one attached hydrogen (secondary N) is 1. The van der Waals surface area contributed by atoms with Crippen LogP contribution in [0.4, 0.5) is 5.69 Å². The molecular formula is C18H23BrN2. The SMILES string of the molecule is Cc1cc(NC(CN)c2c(C)cccc2C)cc(C)c1Br. The van der Waals surface area contributed by atoms with E-state index >= 15 is 0 Å². The molecule has 2 rings (SSSR count). The number of anilines is 1. The molecule has 2 aromatic carbocycles. The fourth-order valence-electron chi connectivity index (χ4n) is 2.86. The molecule has 2 nitrogen and oxygen atoms in total. The number of halogens is 1. The first kappa shape index (κ1) is 16.1. The predicted octanol–water partition coefficient (Wildman–Crippen LogP) is 4.79. The molecular weight excluding hydrogens is 324 g/mol. The molecule has 1 unspecified atom stereocenters. The average Bonchev–Trinajstić information content (AvgIpc) is 2.43. The lowest BCUT2D eigenvalue weighted by Gasteiger charge is -2.23. The van der Waals surface area contributed by atoms with Crippen molar-refractivity contribution in [1.29, 1.82) is 0 Å². The van der Waals surface area contributed by atoms with Crippen molar-refractivity contribution in [2.45, 2.75) is 33.7 Å². The second-order valence-corrected chi connectivity index (χ2v) is 6.46. The molecule has 3 heteroatoms. The van der Waals surface area contributed by atoms with Gasteiger partial charge >= 0.3 is 0 Å². The molecule has 0 spiro atoms. The lowest BCUT2D eigenvalue weighted by molar-refractivity contribution is 0.776. The second kappa shape index (κ2) is 6.63. The first-order chi connectivity index (χ1) is 9.93. The molecule has 0 aliphatic rings. The maximum absolute atomic E-state index is 6.02. The zero-order valence-electron chi connectivity index (χ0n) is 13.1. The highest BCUT2D eigenvalue weighted by atomic mass is 79.9. The maximum Gasteiger partial charge on any atom is 0.0641 e. The number of hydrogen-bond acceptors (Lipinski definition) is 2. The average molecular weight is 347 g/mol. The van der Waals surface area contributed by atoms with E-state index in [1.54, 1.807) is 0 Å². The van der Waals surface area contributed by atoms with Crippen LogP contribution >= 0.6 is 15.9 Å². The number of benzene rings is 2. The number of hydrogen-bond donors (Lipinski definition) is 2. The van der Waals surface area contributed by atoms with Crippen molar-refractivity contribution in [3.05, 3.63) is 62.6 Å². The van der Waals surface area contributed by atoms with E-state index in [2.05, 4.69) is 79.3 Å². The molecule has 112 valence electrons. The van der Waals surface area contributed by atoms with Crippen molar-refractivity contribution in [1.82, 2.24) is 0 Å². The molecule has 0 saturated carbocycles. The zero-order valence-corrected chi connectivity index (χ0v) is 14.7. The largest absolute Gasteiger partial charge is 0.377 e. The first-order valence-electron chi connectivity index (χ1n) is 7.23. The van der Waals surface area contributed by atoms with Gasteiger partial charge in [-0.2, -0.15) is 0 Å². The van der Waals surface area contributed by atoms with Gasteiger partial charge in [0.05, 0.1) is 6.04 Å². The van der Waals surface area contributed by atoms with Gasteiger partial charge in [0.25, 0.3) is 0 Å². The highest BCUT2D eigenvalue weighted by molar-refractivity contribution is 9.10. The van der Waals surface area contributed by atoms with Gasteiger partial charge in [0.15, 0.2) is 0 Å². The number of aryl methyl sites for hydroxylation is 4. The van der Waals surface area contributed by atoms with E-state index in [0.717, 1.165) is 5.69 Å². The van der Waals surface area contributed by atoms with Crippen molar-refractivity contribution in [3.8, 4) is 0 Å². The van der Waals surface area contributed by atoms with Crippen molar-refractivity contribution in [2.24, 2.45) is 5.73 Å². The van der Waals surface area contributed by atoms with Crippen LogP contribution in [0.25, 0.3) is 0 Å². The molecule has 0 aliphatic carbocycles. The molecule has 2 aromatic rings. The van der Waals surface area contributed by atoms with Gasteiger partial charge in [-0.25, -0.2) is 0 Å². The molecule has 0 fully saturated rings. The normalized spacial score (nSPS) is 12.3. The Morgan fingerprint density at radius 1 is 1.00 bits per heavy atom. The summed E-state index contributed by atoms with van der Waals surface area (Å²) < 4.78 is 1.17. The summed E-state index contributed by atoms with van der Waals surface area (Å²) in [4.78, 5) is 0. The second-order valence-electron chi connectivity index (χ2n) is 5.66. The third-order valence-electron chi connectivity index (χ3n) is 3.90. The summed E-state index contributed by atoms with van der Waals surface area (Å²) in [6.07, 6.45) is 0. The van der Waals surface area contributed by atoms with Crippen LogP contribution in [0.15, 0.2) is 34.8 Å². The summed E-state index contributed by atoms with van der Waals surface area (Å²) in [6.45, 7) is 9.08. The highest BCUT2D eigenvalue weighted by Crippen LogP contribution is 2.29. The van der Waals surface area contributed by atoms with Crippen LogP contribution < -0.4 is 11.1 Å². The summed E-state index contributed by atoms with van der Waals surface area (Å²) >= 11 is 3.61. The molecule has 0 heterocycles. The summed E-state index contributed by atoms with van der Waals surface area (Å²) in [5.41, 5.74) is 13.5. The molecule has 21 heavy (non-hydrogen) atoms. The zero-order chi connectivity index (χ0) is 15.6. The van der Waals surface area contributed by atoms with Gasteiger partial charge in [-0.05, 0) is 67.6 Å². The van der Waals surface area contributed by atoms with Crippen LogP contribution in [-0.2, 0) is 0 Å². The summed E-state index contributed by atoms with van der Waals surface area (Å²) in [6, 6.07) is 10.8. The van der Waals surface area contributed by atoms with Crippen LogP contribution in [0.3, 0.4) is 0 Å². The van der Waals surface area contributed by atoms with Crippen LogP contribution in [0.5, 0.6) is 0 Å². The Morgan fingerprint density at radius 2 is 1.52 bits per heavy atom. The molecule has 1 atom stereocenters. The lowest BCUT2D eigenvalue weighted by Crippen LogP contribution is -2.22. The Labute approximate surface area is 135 Å². The molecule has 0 radical (unpaired) electrons. The summed E-state index contributed by atoms with van der Waals surface area (Å²) in [5.74, 6) is 0. The first-order valence-corrected chi connectivity index (χ1v) is 8.02. The highest BCUT2D eigenvalue weighted by Gasteiger charge is 2.15. The molecule has 0 amide bonds. The minimum Gasteiger partial charge on any atom is -0.377 e. The quantitative estimate of drug-likeness (QED) is 0.834. The molecule has 0 saturated heterocycles. The Balaban J connectivity index is 2.36. The lowest BCUT2D eigenvalue weighted by atomic mass is 9.95. The number of rotatable bonds is 4. The molecule has 3 N–H and O–H groups in total. The fraction of sp³-hybridized carbons (Fsp3) is 0.333. The minimum absolute atomic E-state index is 0.131. The Kier molecular flexibility index (Phi) is 5.07. The van der Waals surface area contributed by atoms with Gasteiger partial charge in [0.2, 0.25) is 0 Å². The number of nitrogens with two attached hydrogens (primary N) is 1. The van der Waals surface area contributed by atoms with E-state index in [9.17, 15) is 0 Å². The van der Waals surface area contributed by atoms with Crippen molar-refractivity contribution >= 4 is 21.6 Å². The maximum atomic E-state index is 6.02. The summed E-state index contributed by atoms with van der Waals surface area (Å²) in [5, 5.41) is 3.59. The van der Waals surface area contributed by atoms with Crippen molar-refractivity contribution < 1.29 is 0 Å². The third kappa shape index (κ3) is 3.47. The van der Waals surface area contributed by atoms with E-state index in [-0.39, 0.29) is 6.04 Å². The van der Waals surface area contributed by atoms with Crippen molar-refractivity contribution in [2.75, 3.05) is 11.9 Å². The van der Waals surface area contributed by atoms with Crippen molar-refractivity contribution in [3.63, 3.8) is 0 Å². The van der Waals surface area contributed by atoms with Crippen LogP contribution in [0.2, 0.25) is 0 Å². The van der Waals surface area contributed by atoms with Crippen LogP contribution in [-0.4, -0.2) is 6.54 Å². The topological polar surface area (TPSA) is 38.0 Å². The van der Waals surface area contributed by atoms with Gasteiger partial charge in [0.1, 0.15) is 0 Å². The van der Waals surface area contributed by atoms with Gasteiger partial charge in [-0.1, -0.05) is 34.1 Å². The smallest absolute Gasteiger partial charge is 0.0641 e. The van der Waals surface area contributed by atoms with Gasteiger partial charge in [-0.15, -0.1) is 0 Å². The Hall–Kier alpha value is -1.32. The monoisotopic (exact) mass is 346 g/mol. The van der Waals surface area contributed by atoms with Gasteiger partial charge in [0, 0.05) is 16.7 Å². The van der Waals surface area contributed by atoms with E-state index in [0.29, 0.717) is 6.54 Å². The third-order valence-corrected chi connectivity index (χ3v) is 5.15. The van der Waals surface area contributed by atoms with Crippen LogP contribution in [0, 0.1) is 27.7 Å². The molecule has 0 bridgehead atoms. The van der Waals surface area contributed by atoms with Gasteiger partial charge < -0.3 is 11.1 Å². The van der Waals surface area contributed by atoms with Gasteiger partial charge in [-0.3, -0.25) is 0 Å². The minimum atomic E-state index is 0.131. The van der Waals surface area contributed by atoms with E-state index < -0.39 is 0 Å². The van der Waals surface area contributed by atoms with E-state index in [4.69, 9.17) is 5.73 Å². The predicted molar refractivity (Wildman–Crippen MR) is 95.0 cm³/mol. The van der Waals surface area contributed by atoms with Crippen LogP contribution in [0.1, 0.15) is 33.9 Å². The van der Waals surface area contributed by atoms with E-state index in [1.165, 1.54) is 32.3 Å². The Bertz CT molecular complexity index is 606. The van der Waals surface area contributed by atoms with E-state index in [1.807, 2.05) is 0 Å². The standard InChI is InChI=1S/C18H23BrN2/c1-11-6-5-7-12(2)17(11)16(10-20)21-15-8-13(3)18(19)14(4)9-15/h5-9,16,21H,10,20H2,1-4H3. The molecule has 0 aliphatic heterocycles. The fourth-order valence-corrected chi connectivity index (χ4v) is 3.09. The molecule has 0 aromatic heterocycles.